The molecule has 1 unspecified atom stereocenters. The van der Waals surface area contributed by atoms with E-state index < -0.39 is 47.7 Å². The van der Waals surface area contributed by atoms with Crippen LogP contribution >= 0.6 is 11.3 Å². The van der Waals surface area contributed by atoms with Crippen molar-refractivity contribution >= 4 is 27.5 Å². The van der Waals surface area contributed by atoms with Gasteiger partial charge in [0.2, 0.25) is 0 Å². The second-order valence-electron chi connectivity index (χ2n) is 7.76. The van der Waals surface area contributed by atoms with E-state index in [-0.39, 0.29) is 16.8 Å². The molecule has 2 rings (SSSR count). The van der Waals surface area contributed by atoms with E-state index in [2.05, 4.69) is 0 Å². The van der Waals surface area contributed by atoms with Crippen molar-refractivity contribution < 1.29 is 23.1 Å². The Kier molecular flexibility index (Phi) is 5.85. The number of fused-ring (bicyclic) bond motifs is 1. The molecule has 0 saturated carbocycles. The van der Waals surface area contributed by atoms with E-state index in [0.29, 0.717) is 10.4 Å². The first kappa shape index (κ1) is 22.2. The van der Waals surface area contributed by atoms with Crippen LogP contribution in [-0.2, 0) is 17.9 Å². The van der Waals surface area contributed by atoms with Crippen LogP contribution in [0.3, 0.4) is 0 Å². The summed E-state index contributed by atoms with van der Waals surface area (Å²) in [5, 5.41) is 9.83. The lowest BCUT2D eigenvalue weighted by Gasteiger charge is -2.26. The first-order chi connectivity index (χ1) is 12.7. The number of carboxylic acids is 1. The zero-order chi connectivity index (χ0) is 21.6. The zero-order valence-electron chi connectivity index (χ0n) is 16.3. The second kappa shape index (κ2) is 7.38. The first-order valence-corrected chi connectivity index (χ1v) is 9.58. The van der Waals surface area contributed by atoms with Gasteiger partial charge in [0.25, 0.3) is 5.56 Å². The molecule has 156 valence electrons. The maximum atomic E-state index is 12.8. The lowest BCUT2D eigenvalue weighted by atomic mass is 9.79. The van der Waals surface area contributed by atoms with Crippen LogP contribution in [0.2, 0.25) is 0 Å². The van der Waals surface area contributed by atoms with Gasteiger partial charge in [-0.3, -0.25) is 18.7 Å². The number of rotatable bonds is 5. The van der Waals surface area contributed by atoms with Crippen molar-refractivity contribution in [1.29, 1.82) is 0 Å². The van der Waals surface area contributed by atoms with Crippen molar-refractivity contribution in [2.75, 3.05) is 0 Å². The van der Waals surface area contributed by atoms with E-state index in [1.807, 2.05) is 0 Å². The molecular formula is C18H23F3N2O4S. The largest absolute Gasteiger partial charge is 0.481 e. The predicted octanol–water partition coefficient (Wildman–Crippen LogP) is 3.72. The first-order valence-electron chi connectivity index (χ1n) is 8.76. The summed E-state index contributed by atoms with van der Waals surface area (Å²) in [5.41, 5.74) is -1.73. The normalized spacial score (nSPS) is 13.9. The van der Waals surface area contributed by atoms with Gasteiger partial charge < -0.3 is 5.11 Å². The molecule has 6 nitrogen and oxygen atoms in total. The van der Waals surface area contributed by atoms with Crippen LogP contribution in [0.5, 0.6) is 0 Å². The van der Waals surface area contributed by atoms with E-state index in [1.165, 1.54) is 0 Å². The van der Waals surface area contributed by atoms with Crippen molar-refractivity contribution in [1.82, 2.24) is 9.13 Å². The quantitative estimate of drug-likeness (QED) is 0.799. The van der Waals surface area contributed by atoms with Gasteiger partial charge >= 0.3 is 17.8 Å². The molecule has 0 aliphatic carbocycles. The highest BCUT2D eigenvalue weighted by Crippen LogP contribution is 2.42. The average molecular weight is 420 g/mol. The molecule has 2 aromatic rings. The van der Waals surface area contributed by atoms with Gasteiger partial charge in [0.1, 0.15) is 4.83 Å². The van der Waals surface area contributed by atoms with Crippen molar-refractivity contribution in [3.8, 4) is 0 Å². The number of hydrogen-bond acceptors (Lipinski definition) is 4. The summed E-state index contributed by atoms with van der Waals surface area (Å²) in [4.78, 5) is 37.8. The number of nitrogens with zero attached hydrogens (tertiary/aromatic N) is 2. The van der Waals surface area contributed by atoms with Crippen LogP contribution in [-0.4, -0.2) is 26.4 Å². The maximum absolute atomic E-state index is 12.8. The summed E-state index contributed by atoms with van der Waals surface area (Å²) in [7, 11) is 0. The molecule has 10 heteroatoms. The number of carbonyl (C=O) groups is 1. The third-order valence-electron chi connectivity index (χ3n) is 4.64. The molecule has 0 fully saturated rings. The summed E-state index contributed by atoms with van der Waals surface area (Å²) in [6.45, 7) is 7.71. The fraction of sp³-hybridized carbons (Fsp3) is 0.611. The van der Waals surface area contributed by atoms with Crippen LogP contribution in [0, 0.1) is 12.3 Å². The molecule has 28 heavy (non-hydrogen) atoms. The second-order valence-corrected chi connectivity index (χ2v) is 8.79. The molecule has 0 bridgehead atoms. The third-order valence-corrected chi connectivity index (χ3v) is 6.02. The molecule has 0 aromatic carbocycles. The fourth-order valence-electron chi connectivity index (χ4n) is 3.28. The van der Waals surface area contributed by atoms with E-state index in [9.17, 15) is 32.7 Å². The van der Waals surface area contributed by atoms with Crippen molar-refractivity contribution in [2.45, 2.75) is 66.2 Å². The van der Waals surface area contributed by atoms with E-state index in [1.54, 1.807) is 34.6 Å². The molecule has 0 radical (unpaired) electrons. The standard InChI is InChI=1S/C18H23F3N2O4S/c1-6-22-13(24)10-9(2)12(11(15(25)26)17(3,4)5)28-14(10)23(16(22)27)8-7-18(19,20)21/h11H,6-8H2,1-5H3,(H,25,26). The summed E-state index contributed by atoms with van der Waals surface area (Å²) in [6, 6.07) is 0. The Labute approximate surface area is 163 Å². The number of aliphatic carboxylic acids is 1. The number of carboxylic acid groups (broad SMARTS) is 1. The Bertz CT molecular complexity index is 1030. The molecule has 2 heterocycles. The van der Waals surface area contributed by atoms with Gasteiger partial charge in [-0.1, -0.05) is 20.8 Å². The molecule has 0 amide bonds. The topological polar surface area (TPSA) is 81.3 Å². The number of hydrogen-bond donors (Lipinski definition) is 1. The number of aromatic nitrogens is 2. The monoisotopic (exact) mass is 420 g/mol. The molecule has 2 aromatic heterocycles. The Morgan fingerprint density at radius 1 is 1.18 bits per heavy atom. The molecule has 0 spiro atoms. The van der Waals surface area contributed by atoms with Gasteiger partial charge in [-0.2, -0.15) is 13.2 Å². The lowest BCUT2D eigenvalue weighted by molar-refractivity contribution is -0.141. The smallest absolute Gasteiger partial charge is 0.390 e. The minimum absolute atomic E-state index is 0.00583. The van der Waals surface area contributed by atoms with Crippen molar-refractivity contribution in [3.63, 3.8) is 0 Å². The third kappa shape index (κ3) is 4.01. The summed E-state index contributed by atoms with van der Waals surface area (Å²) in [6.07, 6.45) is -5.69. The van der Waals surface area contributed by atoms with Crippen LogP contribution < -0.4 is 11.2 Å². The molecule has 0 saturated heterocycles. The molecule has 1 N–H and O–H groups in total. The van der Waals surface area contributed by atoms with Gasteiger partial charge in [-0.15, -0.1) is 11.3 Å². The summed E-state index contributed by atoms with van der Waals surface area (Å²) >= 11 is 0.913. The Morgan fingerprint density at radius 3 is 2.18 bits per heavy atom. The number of halogens is 3. The zero-order valence-corrected chi connectivity index (χ0v) is 17.1. The van der Waals surface area contributed by atoms with Crippen molar-refractivity contribution in [3.05, 3.63) is 31.3 Å². The Morgan fingerprint density at radius 2 is 1.75 bits per heavy atom. The van der Waals surface area contributed by atoms with Crippen LogP contribution in [0.15, 0.2) is 9.59 Å². The number of alkyl halides is 3. The van der Waals surface area contributed by atoms with E-state index in [0.717, 1.165) is 20.5 Å². The minimum atomic E-state index is -4.47. The molecule has 1 atom stereocenters. The van der Waals surface area contributed by atoms with Crippen LogP contribution in [0.4, 0.5) is 13.2 Å². The molecule has 0 aliphatic heterocycles. The van der Waals surface area contributed by atoms with E-state index >= 15 is 0 Å². The molecular weight excluding hydrogens is 397 g/mol. The minimum Gasteiger partial charge on any atom is -0.481 e. The Hall–Kier alpha value is -2.10. The van der Waals surface area contributed by atoms with Gasteiger partial charge in [0.05, 0.1) is 17.7 Å². The van der Waals surface area contributed by atoms with Crippen molar-refractivity contribution in [2.24, 2.45) is 5.41 Å². The maximum Gasteiger partial charge on any atom is 0.390 e. The van der Waals surface area contributed by atoms with Gasteiger partial charge in [-0.25, -0.2) is 4.79 Å². The SMILES string of the molecule is CCn1c(=O)c2c(C)c(C(C(=O)O)C(C)(C)C)sc2n(CCC(F)(F)F)c1=O. The average Bonchev–Trinajstić information content (AvgIpc) is 2.82. The summed E-state index contributed by atoms with van der Waals surface area (Å²) in [5.74, 6) is -2.06. The van der Waals surface area contributed by atoms with Gasteiger partial charge in [-0.05, 0) is 24.8 Å². The van der Waals surface area contributed by atoms with E-state index in [4.69, 9.17) is 0 Å². The number of thiophene rings is 1. The van der Waals surface area contributed by atoms with Crippen LogP contribution in [0.1, 0.15) is 50.5 Å². The fourth-order valence-corrected chi connectivity index (χ4v) is 4.94. The molecule has 0 aliphatic rings. The predicted molar refractivity (Wildman–Crippen MR) is 101 cm³/mol. The van der Waals surface area contributed by atoms with Gasteiger partial charge in [0, 0.05) is 18.0 Å². The lowest BCUT2D eigenvalue weighted by Crippen LogP contribution is -2.39. The summed E-state index contributed by atoms with van der Waals surface area (Å²) < 4.78 is 40.1. The van der Waals surface area contributed by atoms with Gasteiger partial charge in [0.15, 0.2) is 0 Å². The Balaban J connectivity index is 2.89. The number of aryl methyl sites for hydroxylation is 2. The highest BCUT2D eigenvalue weighted by molar-refractivity contribution is 7.19. The highest BCUT2D eigenvalue weighted by atomic mass is 32.1. The highest BCUT2D eigenvalue weighted by Gasteiger charge is 2.37. The van der Waals surface area contributed by atoms with Crippen LogP contribution in [0.25, 0.3) is 10.2 Å².